The zero-order valence-electron chi connectivity index (χ0n) is 11.5. The van der Waals surface area contributed by atoms with Crippen molar-refractivity contribution in [2.75, 3.05) is 13.2 Å². The van der Waals surface area contributed by atoms with Gasteiger partial charge < -0.3 is 14.9 Å². The van der Waals surface area contributed by atoms with Gasteiger partial charge in [0.15, 0.2) is 0 Å². The van der Waals surface area contributed by atoms with Crippen LogP contribution in [0.15, 0.2) is 11.6 Å². The number of carbonyl (C=O) groups excluding carboxylic acids is 1. The number of nitrogens with zero attached hydrogens (tertiary/aromatic N) is 1. The minimum absolute atomic E-state index is 0.364. The first-order valence-corrected chi connectivity index (χ1v) is 6.19. The maximum Gasteiger partial charge on any atom is 0.410 e. The molecule has 0 aromatic carbocycles. The van der Waals surface area contributed by atoms with E-state index < -0.39 is 23.8 Å². The number of aliphatic hydroxyl groups is 2. The smallest absolute Gasteiger partial charge is 0.410 e. The van der Waals surface area contributed by atoms with Crippen LogP contribution in [0, 0.1) is 0 Å². The summed E-state index contributed by atoms with van der Waals surface area (Å²) < 4.78 is 5.30. The molecule has 5 heteroatoms. The Bertz CT molecular complexity index is 332. The minimum atomic E-state index is -0.943. The van der Waals surface area contributed by atoms with E-state index in [0.717, 1.165) is 5.57 Å². The van der Waals surface area contributed by atoms with Crippen molar-refractivity contribution in [3.05, 3.63) is 11.6 Å². The summed E-state index contributed by atoms with van der Waals surface area (Å²) in [6.45, 7) is 7.39. The number of ether oxygens (including phenoxy) is 1. The molecule has 104 valence electrons. The second-order valence-electron chi connectivity index (χ2n) is 5.70. The quantitative estimate of drug-likeness (QED) is 0.731. The van der Waals surface area contributed by atoms with Gasteiger partial charge in [-0.1, -0.05) is 11.6 Å². The number of rotatable bonds is 2. The molecule has 1 aliphatic rings. The highest BCUT2D eigenvalue weighted by Crippen LogP contribution is 2.22. The third kappa shape index (κ3) is 3.99. The van der Waals surface area contributed by atoms with Crippen molar-refractivity contribution in [2.24, 2.45) is 0 Å². The lowest BCUT2D eigenvalue weighted by molar-refractivity contribution is -0.0172. The van der Waals surface area contributed by atoms with Gasteiger partial charge >= 0.3 is 6.09 Å². The van der Waals surface area contributed by atoms with Crippen molar-refractivity contribution in [3.63, 3.8) is 0 Å². The molecule has 5 nitrogen and oxygen atoms in total. The van der Waals surface area contributed by atoms with E-state index in [1.165, 1.54) is 4.90 Å². The zero-order chi connectivity index (χ0) is 13.9. The second kappa shape index (κ2) is 5.71. The second-order valence-corrected chi connectivity index (χ2v) is 5.70. The monoisotopic (exact) mass is 257 g/mol. The molecule has 0 saturated carbocycles. The molecule has 0 saturated heterocycles. The fourth-order valence-electron chi connectivity index (χ4n) is 1.91. The molecule has 0 aliphatic carbocycles. The van der Waals surface area contributed by atoms with Gasteiger partial charge in [0.25, 0.3) is 0 Å². The van der Waals surface area contributed by atoms with Gasteiger partial charge in [-0.25, -0.2) is 4.79 Å². The van der Waals surface area contributed by atoms with Crippen LogP contribution in [-0.4, -0.2) is 52.1 Å². The molecule has 2 N–H and O–H groups in total. The molecule has 1 aliphatic heterocycles. The summed E-state index contributed by atoms with van der Waals surface area (Å²) in [5.41, 5.74) is 0.537. The van der Waals surface area contributed by atoms with Gasteiger partial charge in [-0.15, -0.1) is 0 Å². The summed E-state index contributed by atoms with van der Waals surface area (Å²) >= 11 is 0. The Morgan fingerprint density at radius 2 is 2.22 bits per heavy atom. The molecule has 0 spiro atoms. The predicted octanol–water partition coefficient (Wildman–Crippen LogP) is 1.30. The number of aliphatic hydroxyl groups excluding tert-OH is 2. The van der Waals surface area contributed by atoms with E-state index in [1.807, 2.05) is 13.0 Å². The Morgan fingerprint density at radius 3 is 2.72 bits per heavy atom. The van der Waals surface area contributed by atoms with Crippen molar-refractivity contribution >= 4 is 6.09 Å². The largest absolute Gasteiger partial charge is 0.444 e. The summed E-state index contributed by atoms with van der Waals surface area (Å²) in [6.07, 6.45) is 1.09. The van der Waals surface area contributed by atoms with E-state index in [1.54, 1.807) is 20.8 Å². The highest BCUT2D eigenvalue weighted by atomic mass is 16.6. The lowest BCUT2D eigenvalue weighted by atomic mass is 9.97. The van der Waals surface area contributed by atoms with Gasteiger partial charge in [0.2, 0.25) is 0 Å². The van der Waals surface area contributed by atoms with E-state index in [0.29, 0.717) is 13.0 Å². The van der Waals surface area contributed by atoms with Crippen molar-refractivity contribution in [1.82, 2.24) is 4.90 Å². The first-order valence-electron chi connectivity index (χ1n) is 6.19. The molecule has 0 aromatic heterocycles. The molecule has 1 amide bonds. The van der Waals surface area contributed by atoms with E-state index in [2.05, 4.69) is 0 Å². The van der Waals surface area contributed by atoms with Crippen LogP contribution < -0.4 is 0 Å². The maximum atomic E-state index is 12.0. The van der Waals surface area contributed by atoms with Crippen LogP contribution >= 0.6 is 0 Å². The van der Waals surface area contributed by atoms with E-state index >= 15 is 0 Å². The Morgan fingerprint density at radius 1 is 1.61 bits per heavy atom. The van der Waals surface area contributed by atoms with Crippen molar-refractivity contribution < 1.29 is 19.7 Å². The van der Waals surface area contributed by atoms with Gasteiger partial charge in [-0.05, 0) is 34.1 Å². The highest BCUT2D eigenvalue weighted by Gasteiger charge is 2.34. The van der Waals surface area contributed by atoms with E-state index in [-0.39, 0.29) is 6.61 Å². The van der Waals surface area contributed by atoms with Gasteiger partial charge in [-0.2, -0.15) is 0 Å². The van der Waals surface area contributed by atoms with Gasteiger partial charge in [-0.3, -0.25) is 4.90 Å². The average Bonchev–Trinajstić information content (AvgIpc) is 2.25. The standard InChI is InChI=1S/C13H23NO4/c1-9-5-6-14(10(7-9)11(16)8-15)12(17)18-13(2,3)4/h5,10-11,15-16H,6-8H2,1-4H3/t10-,11+/m0/s1. The minimum Gasteiger partial charge on any atom is -0.444 e. The van der Waals surface area contributed by atoms with Crippen LogP contribution in [-0.2, 0) is 4.74 Å². The molecule has 18 heavy (non-hydrogen) atoms. The molecule has 0 bridgehead atoms. The van der Waals surface area contributed by atoms with Crippen molar-refractivity contribution in [1.29, 1.82) is 0 Å². The number of hydrogen-bond acceptors (Lipinski definition) is 4. The van der Waals surface area contributed by atoms with Crippen LogP contribution in [0.4, 0.5) is 4.79 Å². The molecule has 0 aromatic rings. The number of hydrogen-bond donors (Lipinski definition) is 2. The van der Waals surface area contributed by atoms with E-state index in [4.69, 9.17) is 9.84 Å². The summed E-state index contributed by atoms with van der Waals surface area (Å²) in [4.78, 5) is 13.5. The molecule has 1 rings (SSSR count). The lowest BCUT2D eigenvalue weighted by Crippen LogP contribution is -2.51. The Kier molecular flexibility index (Phi) is 4.76. The SMILES string of the molecule is CC1=CCN(C(=O)OC(C)(C)C)[C@H]([C@H](O)CO)C1. The van der Waals surface area contributed by atoms with Gasteiger partial charge in [0, 0.05) is 6.54 Å². The summed E-state index contributed by atoms with van der Waals surface area (Å²) in [7, 11) is 0. The summed E-state index contributed by atoms with van der Waals surface area (Å²) in [6, 6.07) is -0.421. The Hall–Kier alpha value is -1.07. The molecule has 0 fully saturated rings. The Balaban J connectivity index is 2.80. The maximum absolute atomic E-state index is 12.0. The lowest BCUT2D eigenvalue weighted by Gasteiger charge is -2.37. The third-order valence-corrected chi connectivity index (χ3v) is 2.83. The first kappa shape index (κ1) is 15.0. The fraction of sp³-hybridized carbons (Fsp3) is 0.769. The Labute approximate surface area is 108 Å². The topological polar surface area (TPSA) is 70.0 Å². The summed E-state index contributed by atoms with van der Waals surface area (Å²) in [5, 5.41) is 18.8. The van der Waals surface area contributed by atoms with Crippen molar-refractivity contribution in [2.45, 2.75) is 51.9 Å². The molecule has 0 radical (unpaired) electrons. The molecule has 2 atom stereocenters. The zero-order valence-corrected chi connectivity index (χ0v) is 11.5. The average molecular weight is 257 g/mol. The highest BCUT2D eigenvalue weighted by molar-refractivity contribution is 5.69. The van der Waals surface area contributed by atoms with Crippen LogP contribution in [0.25, 0.3) is 0 Å². The van der Waals surface area contributed by atoms with E-state index in [9.17, 15) is 9.90 Å². The molecule has 1 heterocycles. The third-order valence-electron chi connectivity index (χ3n) is 2.83. The number of amides is 1. The molecule has 0 unspecified atom stereocenters. The normalized spacial score (nSPS) is 22.4. The van der Waals surface area contributed by atoms with Gasteiger partial charge in [0.1, 0.15) is 5.60 Å². The molecular formula is C13H23NO4. The van der Waals surface area contributed by atoms with Gasteiger partial charge in [0.05, 0.1) is 18.8 Å². The van der Waals surface area contributed by atoms with Crippen molar-refractivity contribution in [3.8, 4) is 0 Å². The number of carbonyl (C=O) groups is 1. The summed E-state index contributed by atoms with van der Waals surface area (Å²) in [5.74, 6) is 0. The fourth-order valence-corrected chi connectivity index (χ4v) is 1.91. The van der Waals surface area contributed by atoms with Crippen LogP contribution in [0.5, 0.6) is 0 Å². The predicted molar refractivity (Wildman–Crippen MR) is 68.2 cm³/mol. The first-order chi connectivity index (χ1) is 8.24. The van der Waals surface area contributed by atoms with Crippen LogP contribution in [0.3, 0.4) is 0 Å². The molecular weight excluding hydrogens is 234 g/mol. The van der Waals surface area contributed by atoms with Crippen LogP contribution in [0.1, 0.15) is 34.1 Å². The van der Waals surface area contributed by atoms with Crippen LogP contribution in [0.2, 0.25) is 0 Å².